The lowest BCUT2D eigenvalue weighted by molar-refractivity contribution is 0.0845. The average molecular weight is 269 g/mol. The lowest BCUT2D eigenvalue weighted by Gasteiger charge is -2.25. The van der Waals surface area contributed by atoms with E-state index >= 15 is 0 Å². The number of ether oxygens (including phenoxy) is 1. The Hall–Kier alpha value is -1.13. The Morgan fingerprint density at radius 2 is 1.95 bits per heavy atom. The fourth-order valence-corrected chi connectivity index (χ4v) is 1.89. The van der Waals surface area contributed by atoms with Crippen molar-refractivity contribution in [3.63, 3.8) is 0 Å². The first-order valence-corrected chi connectivity index (χ1v) is 6.63. The molecule has 4 heteroatoms. The number of hydrogen-bond acceptors (Lipinski definition) is 3. The van der Waals surface area contributed by atoms with Gasteiger partial charge in [-0.3, -0.25) is 0 Å². The standard InChI is InChI=1S/C15H24FNO2/c1-10(2)19-7-6-17(5)15-8-11(3)14(16)9-13(15)12(4)18/h8-10,12,18H,6-7H2,1-5H3/t12-/m1/s1. The van der Waals surface area contributed by atoms with Gasteiger partial charge in [0.1, 0.15) is 5.82 Å². The molecule has 0 spiro atoms. The second-order valence-electron chi connectivity index (χ2n) is 5.18. The maximum Gasteiger partial charge on any atom is 0.126 e. The zero-order chi connectivity index (χ0) is 14.6. The number of benzene rings is 1. The molecule has 0 bridgehead atoms. The summed E-state index contributed by atoms with van der Waals surface area (Å²) >= 11 is 0. The van der Waals surface area contributed by atoms with Gasteiger partial charge < -0.3 is 14.7 Å². The summed E-state index contributed by atoms with van der Waals surface area (Å²) in [5.74, 6) is -0.286. The lowest BCUT2D eigenvalue weighted by Crippen LogP contribution is -2.25. The number of aliphatic hydroxyl groups excluding tert-OH is 1. The molecule has 3 nitrogen and oxygen atoms in total. The van der Waals surface area contributed by atoms with Crippen LogP contribution < -0.4 is 4.90 Å². The van der Waals surface area contributed by atoms with Gasteiger partial charge in [0.2, 0.25) is 0 Å². The van der Waals surface area contributed by atoms with Crippen LogP contribution in [0.5, 0.6) is 0 Å². The van der Waals surface area contributed by atoms with E-state index < -0.39 is 6.10 Å². The van der Waals surface area contributed by atoms with Gasteiger partial charge >= 0.3 is 0 Å². The predicted molar refractivity (Wildman–Crippen MR) is 76.1 cm³/mol. The quantitative estimate of drug-likeness (QED) is 0.861. The summed E-state index contributed by atoms with van der Waals surface area (Å²) in [7, 11) is 1.92. The monoisotopic (exact) mass is 269 g/mol. The minimum atomic E-state index is -0.696. The van der Waals surface area contributed by atoms with Crippen LogP contribution in [0, 0.1) is 12.7 Å². The molecular formula is C15H24FNO2. The first-order chi connectivity index (χ1) is 8.82. The highest BCUT2D eigenvalue weighted by atomic mass is 19.1. The van der Waals surface area contributed by atoms with Crippen LogP contribution in [-0.2, 0) is 4.74 Å². The summed E-state index contributed by atoms with van der Waals surface area (Å²) in [6.07, 6.45) is -0.502. The molecule has 0 saturated heterocycles. The number of aryl methyl sites for hydroxylation is 1. The number of nitrogens with zero attached hydrogens (tertiary/aromatic N) is 1. The normalized spacial score (nSPS) is 12.8. The molecular weight excluding hydrogens is 245 g/mol. The molecule has 0 aliphatic heterocycles. The van der Waals surface area contributed by atoms with Gasteiger partial charge in [-0.1, -0.05) is 0 Å². The van der Waals surface area contributed by atoms with E-state index in [2.05, 4.69) is 0 Å². The smallest absolute Gasteiger partial charge is 0.126 e. The molecule has 0 aliphatic carbocycles. The number of likely N-dealkylation sites (N-methyl/N-ethyl adjacent to an activating group) is 1. The first kappa shape index (κ1) is 15.9. The number of anilines is 1. The number of rotatable bonds is 6. The molecule has 0 amide bonds. The molecule has 1 aromatic carbocycles. The van der Waals surface area contributed by atoms with E-state index in [1.807, 2.05) is 25.8 Å². The fourth-order valence-electron chi connectivity index (χ4n) is 1.89. The van der Waals surface area contributed by atoms with Crippen LogP contribution in [0.1, 0.15) is 38.0 Å². The average Bonchev–Trinajstić information content (AvgIpc) is 2.31. The van der Waals surface area contributed by atoms with Crippen LogP contribution in [0.2, 0.25) is 0 Å². The van der Waals surface area contributed by atoms with Crippen molar-refractivity contribution in [2.75, 3.05) is 25.1 Å². The maximum atomic E-state index is 13.6. The topological polar surface area (TPSA) is 32.7 Å². The Morgan fingerprint density at radius 1 is 1.32 bits per heavy atom. The maximum absolute atomic E-state index is 13.6. The van der Waals surface area contributed by atoms with Gasteiger partial charge in [0.15, 0.2) is 0 Å². The van der Waals surface area contributed by atoms with Crippen molar-refractivity contribution in [2.45, 2.75) is 39.9 Å². The van der Waals surface area contributed by atoms with Crippen LogP contribution in [0.3, 0.4) is 0 Å². The van der Waals surface area contributed by atoms with Gasteiger partial charge in [0.25, 0.3) is 0 Å². The Bertz CT molecular complexity index is 419. The Morgan fingerprint density at radius 3 is 2.47 bits per heavy atom. The van der Waals surface area contributed by atoms with Crippen molar-refractivity contribution in [1.82, 2.24) is 0 Å². The predicted octanol–water partition coefficient (Wildman–Crippen LogP) is 3.05. The molecule has 0 heterocycles. The molecule has 0 fully saturated rings. The van der Waals surface area contributed by atoms with Crippen molar-refractivity contribution >= 4 is 5.69 Å². The molecule has 1 N–H and O–H groups in total. The third kappa shape index (κ3) is 4.48. The van der Waals surface area contributed by atoms with E-state index in [4.69, 9.17) is 4.74 Å². The minimum Gasteiger partial charge on any atom is -0.389 e. The van der Waals surface area contributed by atoms with E-state index in [9.17, 15) is 9.50 Å². The van der Waals surface area contributed by atoms with Crippen molar-refractivity contribution < 1.29 is 14.2 Å². The molecule has 1 atom stereocenters. The van der Waals surface area contributed by atoms with Gasteiger partial charge in [-0.25, -0.2) is 4.39 Å². The Balaban J connectivity index is 2.88. The third-order valence-electron chi connectivity index (χ3n) is 3.05. The van der Waals surface area contributed by atoms with E-state index in [-0.39, 0.29) is 11.9 Å². The molecule has 0 saturated carbocycles. The van der Waals surface area contributed by atoms with Crippen molar-refractivity contribution in [2.24, 2.45) is 0 Å². The zero-order valence-corrected chi connectivity index (χ0v) is 12.4. The van der Waals surface area contributed by atoms with Gasteiger partial charge in [-0.15, -0.1) is 0 Å². The minimum absolute atomic E-state index is 0.194. The summed E-state index contributed by atoms with van der Waals surface area (Å²) in [6.45, 7) is 8.65. The van der Waals surface area contributed by atoms with Crippen molar-refractivity contribution in [3.05, 3.63) is 29.1 Å². The largest absolute Gasteiger partial charge is 0.389 e. The molecule has 108 valence electrons. The van der Waals surface area contributed by atoms with Gasteiger partial charge in [0, 0.05) is 24.8 Å². The van der Waals surface area contributed by atoms with Crippen molar-refractivity contribution in [1.29, 1.82) is 0 Å². The third-order valence-corrected chi connectivity index (χ3v) is 3.05. The highest BCUT2D eigenvalue weighted by Gasteiger charge is 2.14. The van der Waals surface area contributed by atoms with E-state index in [0.29, 0.717) is 24.3 Å². The summed E-state index contributed by atoms with van der Waals surface area (Å²) in [4.78, 5) is 1.98. The Labute approximate surface area is 115 Å². The van der Waals surface area contributed by atoms with E-state index in [1.54, 1.807) is 19.9 Å². The summed E-state index contributed by atoms with van der Waals surface area (Å²) in [6, 6.07) is 3.18. The summed E-state index contributed by atoms with van der Waals surface area (Å²) < 4.78 is 19.1. The van der Waals surface area contributed by atoms with Crippen LogP contribution in [0.15, 0.2) is 12.1 Å². The van der Waals surface area contributed by atoms with Crippen LogP contribution >= 0.6 is 0 Å². The SMILES string of the molecule is Cc1cc(N(C)CCOC(C)C)c([C@@H](C)O)cc1F. The highest BCUT2D eigenvalue weighted by molar-refractivity contribution is 5.56. The Kier molecular flexibility index (Phi) is 5.76. The first-order valence-electron chi connectivity index (χ1n) is 6.63. The van der Waals surface area contributed by atoms with E-state index in [0.717, 1.165) is 5.69 Å². The van der Waals surface area contributed by atoms with Gasteiger partial charge in [0.05, 0.1) is 18.8 Å². The molecule has 0 unspecified atom stereocenters. The van der Waals surface area contributed by atoms with Crippen molar-refractivity contribution in [3.8, 4) is 0 Å². The zero-order valence-electron chi connectivity index (χ0n) is 12.4. The number of hydrogen-bond donors (Lipinski definition) is 1. The second-order valence-corrected chi connectivity index (χ2v) is 5.18. The summed E-state index contributed by atoms with van der Waals surface area (Å²) in [5.41, 5.74) is 2.03. The molecule has 0 aromatic heterocycles. The second kappa shape index (κ2) is 6.87. The van der Waals surface area contributed by atoms with Crippen LogP contribution in [0.25, 0.3) is 0 Å². The van der Waals surface area contributed by atoms with Crippen LogP contribution in [0.4, 0.5) is 10.1 Å². The molecule has 0 radical (unpaired) electrons. The molecule has 1 aromatic rings. The number of aliphatic hydroxyl groups is 1. The highest BCUT2D eigenvalue weighted by Crippen LogP contribution is 2.28. The van der Waals surface area contributed by atoms with Gasteiger partial charge in [-0.05, 0) is 45.4 Å². The molecule has 1 rings (SSSR count). The van der Waals surface area contributed by atoms with Gasteiger partial charge in [-0.2, -0.15) is 0 Å². The lowest BCUT2D eigenvalue weighted by atomic mass is 10.0. The molecule has 0 aliphatic rings. The fraction of sp³-hybridized carbons (Fsp3) is 0.600. The van der Waals surface area contributed by atoms with Crippen LogP contribution in [-0.4, -0.2) is 31.4 Å². The van der Waals surface area contributed by atoms with E-state index in [1.165, 1.54) is 6.07 Å². The number of halogens is 1. The molecule has 19 heavy (non-hydrogen) atoms. The summed E-state index contributed by atoms with van der Waals surface area (Å²) in [5, 5.41) is 9.76.